The van der Waals surface area contributed by atoms with E-state index in [1.807, 2.05) is 42.5 Å². The van der Waals surface area contributed by atoms with E-state index >= 15 is 0 Å². The average Bonchev–Trinajstić information content (AvgIpc) is 2.66. The highest BCUT2D eigenvalue weighted by atomic mass is 79.9. The molecular formula is C17H12Br2N2O2S. The summed E-state index contributed by atoms with van der Waals surface area (Å²) in [5, 5.41) is 9.23. The number of carboxylic acid groups (broad SMARTS) is 1. The lowest BCUT2D eigenvalue weighted by molar-refractivity contribution is -0.135. The van der Waals surface area contributed by atoms with Gasteiger partial charge in [-0.1, -0.05) is 62.3 Å². The van der Waals surface area contributed by atoms with Crippen LogP contribution in [0.15, 0.2) is 56.4 Å². The van der Waals surface area contributed by atoms with Gasteiger partial charge in [-0.15, -0.1) is 0 Å². The molecule has 3 rings (SSSR count). The van der Waals surface area contributed by atoms with Crippen molar-refractivity contribution in [1.29, 1.82) is 0 Å². The van der Waals surface area contributed by atoms with Gasteiger partial charge in [-0.3, -0.25) is 9.79 Å². The lowest BCUT2D eigenvalue weighted by Crippen LogP contribution is -2.35. The number of fused-ring (bicyclic) bond motifs is 1. The maximum Gasteiger partial charge on any atom is 0.323 e. The van der Waals surface area contributed by atoms with Crippen LogP contribution in [0.5, 0.6) is 0 Å². The predicted octanol–water partition coefficient (Wildman–Crippen LogP) is 4.28. The predicted molar refractivity (Wildman–Crippen MR) is 106 cm³/mol. The summed E-state index contributed by atoms with van der Waals surface area (Å²) in [6.07, 6.45) is 0. The van der Waals surface area contributed by atoms with Crippen LogP contribution in [-0.2, 0) is 4.79 Å². The van der Waals surface area contributed by atoms with E-state index in [0.29, 0.717) is 4.99 Å². The second-order valence-electron chi connectivity index (χ2n) is 5.18. The zero-order valence-electron chi connectivity index (χ0n) is 12.4. The Hall–Kier alpha value is -1.57. The van der Waals surface area contributed by atoms with Crippen LogP contribution in [0.1, 0.15) is 11.1 Å². The number of carboxylic acids is 1. The first-order chi connectivity index (χ1) is 11.5. The second-order valence-corrected chi connectivity index (χ2v) is 7.42. The molecule has 1 aliphatic rings. The molecule has 0 aliphatic carbocycles. The quantitative estimate of drug-likeness (QED) is 0.684. The third-order valence-corrected chi connectivity index (χ3v) is 5.13. The number of benzodiazepines with no additional fused rings is 1. The Labute approximate surface area is 161 Å². The number of nitrogens with zero attached hydrogens (tertiary/aromatic N) is 2. The van der Waals surface area contributed by atoms with E-state index < -0.39 is 5.97 Å². The van der Waals surface area contributed by atoms with E-state index in [1.54, 1.807) is 4.90 Å². The van der Waals surface area contributed by atoms with Crippen LogP contribution < -0.4 is 4.90 Å². The van der Waals surface area contributed by atoms with E-state index in [9.17, 15) is 9.90 Å². The van der Waals surface area contributed by atoms with Gasteiger partial charge in [0.2, 0.25) is 0 Å². The number of aliphatic imine (C=N–C) groups is 1. The summed E-state index contributed by atoms with van der Waals surface area (Å²) >= 11 is 12.5. The first kappa shape index (κ1) is 17.3. The number of hydrogen-bond acceptors (Lipinski definition) is 3. The Morgan fingerprint density at radius 1 is 1.21 bits per heavy atom. The molecule has 0 atom stereocenters. The normalized spacial score (nSPS) is 14.0. The van der Waals surface area contributed by atoms with Gasteiger partial charge in [-0.2, -0.15) is 0 Å². The fourth-order valence-corrected chi connectivity index (χ4v) is 3.64. The Bertz CT molecular complexity index is 867. The van der Waals surface area contributed by atoms with Gasteiger partial charge in [0.1, 0.15) is 11.5 Å². The van der Waals surface area contributed by atoms with Crippen LogP contribution in [0.3, 0.4) is 0 Å². The second kappa shape index (κ2) is 7.13. The van der Waals surface area contributed by atoms with Crippen molar-refractivity contribution in [1.82, 2.24) is 0 Å². The van der Waals surface area contributed by atoms with Gasteiger partial charge in [-0.05, 0) is 24.3 Å². The fraction of sp³-hybridized carbons (Fsp3) is 0.118. The van der Waals surface area contributed by atoms with Gasteiger partial charge in [0.15, 0.2) is 0 Å². The standard InChI is InChI=1S/C17H12Br2N2O2S/c18-10-5-6-14-12(7-10)17(11-3-1-2-4-13(11)19)20-8-15(24)21(14)9-16(22)23/h1-7H,8-9H2,(H,22,23). The van der Waals surface area contributed by atoms with Crippen LogP contribution >= 0.6 is 44.1 Å². The smallest absolute Gasteiger partial charge is 0.323 e. The molecule has 0 spiro atoms. The van der Waals surface area contributed by atoms with Crippen molar-refractivity contribution in [3.8, 4) is 0 Å². The number of hydrogen-bond donors (Lipinski definition) is 1. The lowest BCUT2D eigenvalue weighted by Gasteiger charge is -2.23. The Morgan fingerprint density at radius 2 is 1.96 bits per heavy atom. The third-order valence-electron chi connectivity index (χ3n) is 3.60. The van der Waals surface area contributed by atoms with E-state index in [-0.39, 0.29) is 13.1 Å². The number of carbonyl (C=O) groups is 1. The molecule has 4 nitrogen and oxygen atoms in total. The van der Waals surface area contributed by atoms with Gasteiger partial charge >= 0.3 is 5.97 Å². The molecule has 7 heteroatoms. The maximum absolute atomic E-state index is 11.3. The average molecular weight is 468 g/mol. The number of benzene rings is 2. The molecule has 122 valence electrons. The molecule has 2 aromatic rings. The first-order valence-corrected chi connectivity index (χ1v) is 9.08. The van der Waals surface area contributed by atoms with Gasteiger partial charge < -0.3 is 10.0 Å². The molecule has 2 aromatic carbocycles. The Kier molecular flexibility index (Phi) is 5.12. The molecule has 0 fully saturated rings. The highest BCUT2D eigenvalue weighted by molar-refractivity contribution is 9.10. The molecule has 1 N–H and O–H groups in total. The molecule has 1 aliphatic heterocycles. The molecule has 1 heterocycles. The minimum absolute atomic E-state index is 0.188. The summed E-state index contributed by atoms with van der Waals surface area (Å²) in [6.45, 7) is 0.0812. The zero-order valence-corrected chi connectivity index (χ0v) is 16.4. The lowest BCUT2D eigenvalue weighted by atomic mass is 10.0. The monoisotopic (exact) mass is 466 g/mol. The summed E-state index contributed by atoms with van der Waals surface area (Å²) in [6, 6.07) is 13.5. The molecule has 0 aromatic heterocycles. The van der Waals surface area contributed by atoms with Crippen molar-refractivity contribution in [2.45, 2.75) is 0 Å². The number of anilines is 1. The highest BCUT2D eigenvalue weighted by Gasteiger charge is 2.25. The number of thiocarbonyl (C=S) groups is 1. The molecule has 0 saturated carbocycles. The first-order valence-electron chi connectivity index (χ1n) is 7.09. The van der Waals surface area contributed by atoms with Crippen LogP contribution in [0.2, 0.25) is 0 Å². The van der Waals surface area contributed by atoms with Crippen LogP contribution in [0.25, 0.3) is 0 Å². The number of aliphatic carboxylic acids is 1. The van der Waals surface area contributed by atoms with E-state index in [4.69, 9.17) is 12.2 Å². The van der Waals surface area contributed by atoms with Crippen LogP contribution in [-0.4, -0.2) is 34.9 Å². The maximum atomic E-state index is 11.3. The van der Waals surface area contributed by atoms with Crippen molar-refractivity contribution in [3.63, 3.8) is 0 Å². The summed E-state index contributed by atoms with van der Waals surface area (Å²) in [5.41, 5.74) is 3.32. The number of rotatable bonds is 3. The summed E-state index contributed by atoms with van der Waals surface area (Å²) < 4.78 is 1.82. The van der Waals surface area contributed by atoms with E-state index in [0.717, 1.165) is 31.5 Å². The zero-order chi connectivity index (χ0) is 17.3. The minimum atomic E-state index is -0.935. The van der Waals surface area contributed by atoms with Crippen molar-refractivity contribution < 1.29 is 9.90 Å². The molecule has 0 unspecified atom stereocenters. The van der Waals surface area contributed by atoms with E-state index in [2.05, 4.69) is 36.9 Å². The fourth-order valence-electron chi connectivity index (χ4n) is 2.58. The van der Waals surface area contributed by atoms with Gasteiger partial charge in [0.05, 0.1) is 17.9 Å². The Morgan fingerprint density at radius 3 is 2.67 bits per heavy atom. The molecule has 0 bridgehead atoms. The van der Waals surface area contributed by atoms with E-state index in [1.165, 1.54) is 0 Å². The number of halogens is 2. The molecular weight excluding hydrogens is 456 g/mol. The van der Waals surface area contributed by atoms with Crippen molar-refractivity contribution in [3.05, 3.63) is 62.5 Å². The van der Waals surface area contributed by atoms with Crippen molar-refractivity contribution in [2.24, 2.45) is 4.99 Å². The van der Waals surface area contributed by atoms with Crippen LogP contribution in [0.4, 0.5) is 5.69 Å². The highest BCUT2D eigenvalue weighted by Crippen LogP contribution is 2.31. The SMILES string of the molecule is O=C(O)CN1C(=S)CN=C(c2ccccc2Br)c2cc(Br)ccc21. The molecule has 0 radical (unpaired) electrons. The summed E-state index contributed by atoms with van der Waals surface area (Å²) in [5.74, 6) is -0.935. The van der Waals surface area contributed by atoms with Gasteiger partial charge in [-0.25, -0.2) is 0 Å². The topological polar surface area (TPSA) is 52.9 Å². The van der Waals surface area contributed by atoms with Gasteiger partial charge in [0, 0.05) is 20.1 Å². The van der Waals surface area contributed by atoms with Crippen LogP contribution in [0, 0.1) is 0 Å². The minimum Gasteiger partial charge on any atom is -0.480 e. The van der Waals surface area contributed by atoms with Crippen molar-refractivity contribution in [2.75, 3.05) is 18.0 Å². The van der Waals surface area contributed by atoms with Gasteiger partial charge in [0.25, 0.3) is 0 Å². The molecule has 24 heavy (non-hydrogen) atoms. The molecule has 0 saturated heterocycles. The Balaban J connectivity index is 2.21. The summed E-state index contributed by atoms with van der Waals surface area (Å²) in [7, 11) is 0. The summed E-state index contributed by atoms with van der Waals surface area (Å²) in [4.78, 5) is 18.0. The largest absolute Gasteiger partial charge is 0.480 e. The molecule has 0 amide bonds. The third kappa shape index (κ3) is 3.43. The van der Waals surface area contributed by atoms with Crippen molar-refractivity contribution >= 4 is 66.4 Å².